The molecule has 5 rings (SSSR count). The summed E-state index contributed by atoms with van der Waals surface area (Å²) in [7, 11) is 0. The highest BCUT2D eigenvalue weighted by atomic mass is 16.3. The summed E-state index contributed by atoms with van der Waals surface area (Å²) >= 11 is 0. The van der Waals surface area contributed by atoms with Gasteiger partial charge in [-0.15, -0.1) is 0 Å². The van der Waals surface area contributed by atoms with E-state index < -0.39 is 0 Å². The van der Waals surface area contributed by atoms with Crippen LogP contribution in [0.25, 0.3) is 0 Å². The van der Waals surface area contributed by atoms with Crippen LogP contribution < -0.4 is 0 Å². The van der Waals surface area contributed by atoms with Gasteiger partial charge in [-0.25, -0.2) is 0 Å². The van der Waals surface area contributed by atoms with Crippen molar-refractivity contribution in [3.05, 3.63) is 23.3 Å². The molecule has 5 aliphatic rings. The van der Waals surface area contributed by atoms with Crippen molar-refractivity contribution in [2.75, 3.05) is 6.61 Å². The summed E-state index contributed by atoms with van der Waals surface area (Å²) in [5, 5.41) is 21.1. The van der Waals surface area contributed by atoms with E-state index in [-0.39, 0.29) is 33.2 Å². The van der Waals surface area contributed by atoms with E-state index in [0.29, 0.717) is 23.9 Å². The second-order valence-corrected chi connectivity index (χ2v) is 14.6. The Kier molecular flexibility index (Phi) is 4.88. The molecule has 0 aromatic heterocycles. The number of aliphatic hydroxyl groups excluding tert-OH is 2. The van der Waals surface area contributed by atoms with E-state index in [0.717, 1.165) is 25.7 Å². The van der Waals surface area contributed by atoms with E-state index in [1.165, 1.54) is 32.1 Å². The zero-order valence-electron chi connectivity index (χ0n) is 21.9. The number of allylic oxidation sites excluding steroid dienone is 4. The topological polar surface area (TPSA) is 40.5 Å². The number of rotatable bonds is 1. The first kappa shape index (κ1) is 23.2. The third-order valence-electron chi connectivity index (χ3n) is 12.7. The van der Waals surface area contributed by atoms with Crippen LogP contribution >= 0.6 is 0 Å². The third-order valence-corrected chi connectivity index (χ3v) is 12.7. The predicted molar refractivity (Wildman–Crippen MR) is 132 cm³/mol. The molecule has 0 aromatic rings. The van der Waals surface area contributed by atoms with Crippen molar-refractivity contribution in [1.29, 1.82) is 0 Å². The van der Waals surface area contributed by atoms with E-state index >= 15 is 0 Å². The summed E-state index contributed by atoms with van der Waals surface area (Å²) in [5.41, 5.74) is 4.44. The Hall–Kier alpha value is -0.600. The first-order valence-corrected chi connectivity index (χ1v) is 13.5. The van der Waals surface area contributed by atoms with E-state index in [4.69, 9.17) is 0 Å². The first-order valence-electron chi connectivity index (χ1n) is 13.5. The highest BCUT2D eigenvalue weighted by Gasteiger charge is 2.65. The molecule has 32 heavy (non-hydrogen) atoms. The highest BCUT2D eigenvalue weighted by molar-refractivity contribution is 5.45. The average molecular weight is 441 g/mol. The van der Waals surface area contributed by atoms with E-state index in [2.05, 4.69) is 60.6 Å². The van der Waals surface area contributed by atoms with Gasteiger partial charge in [0.25, 0.3) is 0 Å². The molecule has 0 aromatic carbocycles. The van der Waals surface area contributed by atoms with Crippen molar-refractivity contribution in [1.82, 2.24) is 0 Å². The lowest BCUT2D eigenvalue weighted by Crippen LogP contribution is -2.60. The van der Waals surface area contributed by atoms with E-state index in [1.807, 2.05) is 0 Å². The molecule has 4 fully saturated rings. The summed E-state index contributed by atoms with van der Waals surface area (Å²) in [5.74, 6) is 1.15. The van der Waals surface area contributed by atoms with Crippen molar-refractivity contribution >= 4 is 0 Å². The summed E-state index contributed by atoms with van der Waals surface area (Å²) in [6.45, 7) is 17.5. The van der Waals surface area contributed by atoms with Gasteiger partial charge in [0, 0.05) is 6.61 Å². The monoisotopic (exact) mass is 440 g/mol. The van der Waals surface area contributed by atoms with Crippen LogP contribution in [0.4, 0.5) is 0 Å². The number of aliphatic hydroxyl groups is 2. The van der Waals surface area contributed by atoms with Gasteiger partial charge in [0.05, 0.1) is 6.10 Å². The molecule has 4 saturated carbocycles. The van der Waals surface area contributed by atoms with Crippen LogP contribution in [0.15, 0.2) is 23.3 Å². The van der Waals surface area contributed by atoms with Gasteiger partial charge in [-0.2, -0.15) is 0 Å². The van der Waals surface area contributed by atoms with Crippen molar-refractivity contribution in [3.8, 4) is 0 Å². The molecule has 0 amide bonds. The number of hydrogen-bond acceptors (Lipinski definition) is 2. The van der Waals surface area contributed by atoms with Crippen LogP contribution in [-0.2, 0) is 0 Å². The van der Waals surface area contributed by atoms with Crippen LogP contribution in [0.5, 0.6) is 0 Å². The fourth-order valence-electron chi connectivity index (χ4n) is 9.86. The van der Waals surface area contributed by atoms with Crippen molar-refractivity contribution in [2.24, 2.45) is 44.3 Å². The highest BCUT2D eigenvalue weighted by Crippen LogP contribution is 2.74. The zero-order chi connectivity index (χ0) is 23.4. The predicted octanol–water partition coefficient (Wildman–Crippen LogP) is 7.06. The average Bonchev–Trinajstić information content (AvgIpc) is 2.73. The zero-order valence-corrected chi connectivity index (χ0v) is 21.9. The molecule has 0 spiro atoms. The molecule has 5 aliphatic carbocycles. The van der Waals surface area contributed by atoms with Gasteiger partial charge in [0.1, 0.15) is 0 Å². The minimum Gasteiger partial charge on any atom is -0.396 e. The lowest BCUT2D eigenvalue weighted by Gasteiger charge is -2.68. The Bertz CT molecular complexity index is 868. The summed E-state index contributed by atoms with van der Waals surface area (Å²) < 4.78 is 0. The first-order chi connectivity index (χ1) is 14.8. The smallest absolute Gasteiger partial charge is 0.0594 e. The molecule has 0 saturated heterocycles. The van der Waals surface area contributed by atoms with Gasteiger partial charge in [-0.05, 0) is 102 Å². The van der Waals surface area contributed by atoms with Gasteiger partial charge in [0.2, 0.25) is 0 Å². The van der Waals surface area contributed by atoms with Crippen molar-refractivity contribution in [2.45, 2.75) is 112 Å². The molecule has 0 aliphatic heterocycles. The maximum absolute atomic E-state index is 10.9. The van der Waals surface area contributed by atoms with Gasteiger partial charge in [0.15, 0.2) is 0 Å². The Morgan fingerprint density at radius 3 is 2.19 bits per heavy atom. The van der Waals surface area contributed by atoms with Gasteiger partial charge in [-0.3, -0.25) is 0 Å². The Morgan fingerprint density at radius 1 is 0.812 bits per heavy atom. The molecular weight excluding hydrogens is 392 g/mol. The maximum atomic E-state index is 10.9. The Balaban J connectivity index is 1.62. The molecule has 2 unspecified atom stereocenters. The van der Waals surface area contributed by atoms with Crippen LogP contribution in [0.2, 0.25) is 0 Å². The molecular formula is C30H48O2. The lowest BCUT2D eigenvalue weighted by molar-refractivity contribution is -0.126. The summed E-state index contributed by atoms with van der Waals surface area (Å²) in [4.78, 5) is 0. The van der Waals surface area contributed by atoms with Gasteiger partial charge >= 0.3 is 0 Å². The fourth-order valence-corrected chi connectivity index (χ4v) is 9.86. The van der Waals surface area contributed by atoms with Crippen molar-refractivity contribution < 1.29 is 10.2 Å². The minimum atomic E-state index is -0.176. The summed E-state index contributed by atoms with van der Waals surface area (Å²) in [6.07, 6.45) is 15.6. The van der Waals surface area contributed by atoms with Gasteiger partial charge < -0.3 is 10.2 Å². The molecule has 2 heteroatoms. The second-order valence-electron chi connectivity index (χ2n) is 14.6. The van der Waals surface area contributed by atoms with Crippen LogP contribution in [0.1, 0.15) is 106 Å². The standard InChI is InChI=1S/C30H48O2/c1-25(2)22-10-13-30(7)23(28(22,5)12-11-24(25)32)9-8-20-21-18-26(3,19-31)14-15-27(21,4)16-17-29(20,30)6/h8-9,21-22,24,31-32H,10-19H2,1-7H3/t21-,22?,24-,26?,27+,28-,29+,30+/m0/s1. The Morgan fingerprint density at radius 2 is 1.50 bits per heavy atom. The number of fused-ring (bicyclic) bond motifs is 7. The molecule has 0 radical (unpaired) electrons. The SMILES string of the molecule is CC1(CO)CC[C@]2(C)CC[C@]3(C)C(=CC=C4[C@@]5(C)CC[C@H](O)C(C)(C)C5CC[C@]43C)[C@@H]2C1. The van der Waals surface area contributed by atoms with Crippen molar-refractivity contribution in [3.63, 3.8) is 0 Å². The fraction of sp³-hybridized carbons (Fsp3) is 0.867. The lowest BCUT2D eigenvalue weighted by atomic mass is 9.36. The third kappa shape index (κ3) is 2.72. The molecule has 0 bridgehead atoms. The number of hydrogen-bond donors (Lipinski definition) is 2. The molecule has 8 atom stereocenters. The minimum absolute atomic E-state index is 0.0164. The van der Waals surface area contributed by atoms with E-state index in [9.17, 15) is 10.2 Å². The largest absolute Gasteiger partial charge is 0.396 e. The van der Waals surface area contributed by atoms with Crippen LogP contribution in [0.3, 0.4) is 0 Å². The summed E-state index contributed by atoms with van der Waals surface area (Å²) in [6, 6.07) is 0. The Labute approximate surface area is 197 Å². The maximum Gasteiger partial charge on any atom is 0.0594 e. The quantitative estimate of drug-likeness (QED) is 0.458. The molecule has 2 N–H and O–H groups in total. The molecule has 180 valence electrons. The van der Waals surface area contributed by atoms with E-state index in [1.54, 1.807) is 11.1 Å². The molecule has 2 nitrogen and oxygen atoms in total. The van der Waals surface area contributed by atoms with Gasteiger partial charge in [-0.1, -0.05) is 71.8 Å². The normalized spacial score (nSPS) is 54.3. The second kappa shape index (κ2) is 6.75. The van der Waals surface area contributed by atoms with Crippen LogP contribution in [0, 0.1) is 44.3 Å². The molecule has 0 heterocycles. The van der Waals surface area contributed by atoms with Crippen LogP contribution in [-0.4, -0.2) is 22.9 Å².